The first kappa shape index (κ1) is 27.2. The van der Waals surface area contributed by atoms with E-state index >= 15 is 0 Å². The van der Waals surface area contributed by atoms with E-state index in [4.69, 9.17) is 39.4 Å². The number of pyridine rings is 1. The number of nitrogens with two attached hydrogens (primary N) is 2. The van der Waals surface area contributed by atoms with Crippen molar-refractivity contribution >= 4 is 34.9 Å². The molecule has 2 aromatic heterocycles. The van der Waals surface area contributed by atoms with E-state index in [0.29, 0.717) is 29.4 Å². The summed E-state index contributed by atoms with van der Waals surface area (Å²) in [6.45, 7) is 6.90. The monoisotopic (exact) mass is 548 g/mol. The second-order valence-electron chi connectivity index (χ2n) is 9.66. The molecule has 0 spiro atoms. The predicted molar refractivity (Wildman–Crippen MR) is 143 cm³/mol. The first-order valence-corrected chi connectivity index (χ1v) is 13.0. The van der Waals surface area contributed by atoms with E-state index < -0.39 is 18.0 Å². The lowest BCUT2D eigenvalue weighted by atomic mass is 10.0. The summed E-state index contributed by atoms with van der Waals surface area (Å²) in [6.07, 6.45) is 6.26. The van der Waals surface area contributed by atoms with Gasteiger partial charge in [-0.1, -0.05) is 37.0 Å². The van der Waals surface area contributed by atoms with Crippen molar-refractivity contribution in [3.05, 3.63) is 58.2 Å². The molecule has 3 aromatic rings. The van der Waals surface area contributed by atoms with Crippen molar-refractivity contribution < 1.29 is 13.9 Å². The Kier molecular flexibility index (Phi) is 8.26. The average molecular weight is 549 g/mol. The molecular weight excluding hydrogens is 518 g/mol. The number of rotatable bonds is 7. The fraction of sp³-hybridized carbons (Fsp3) is 0.423. The number of amides is 1. The maximum Gasteiger partial charge on any atom is 0.239 e. The van der Waals surface area contributed by atoms with Gasteiger partial charge in [-0.05, 0) is 43.9 Å². The summed E-state index contributed by atoms with van der Waals surface area (Å²) < 4.78 is 21.9. The number of ether oxygens (including phenoxy) is 1. The number of nitrogen functional groups attached to an aromatic ring is 1. The number of nitrogens with zero attached hydrogens (tertiary/aromatic N) is 4. The second-order valence-corrected chi connectivity index (χ2v) is 10.4. The van der Waals surface area contributed by atoms with Gasteiger partial charge in [-0.3, -0.25) is 9.48 Å². The predicted octanol–water partition coefficient (Wildman–Crippen LogP) is 5.26. The summed E-state index contributed by atoms with van der Waals surface area (Å²) >= 11 is 12.4. The van der Waals surface area contributed by atoms with Crippen molar-refractivity contribution in [2.24, 2.45) is 11.7 Å². The van der Waals surface area contributed by atoms with Crippen LogP contribution in [0.15, 0.2) is 36.8 Å². The molecular formula is C26H31Cl2FN6O2. The third-order valence-electron chi connectivity index (χ3n) is 6.76. The van der Waals surface area contributed by atoms with Crippen LogP contribution in [-0.4, -0.2) is 44.7 Å². The van der Waals surface area contributed by atoms with Crippen LogP contribution < -0.4 is 16.2 Å². The normalized spacial score (nSPS) is 16.2. The molecule has 1 fully saturated rings. The van der Waals surface area contributed by atoms with Crippen LogP contribution >= 0.6 is 23.2 Å². The molecule has 2 unspecified atom stereocenters. The molecule has 4 N–H and O–H groups in total. The van der Waals surface area contributed by atoms with E-state index in [1.54, 1.807) is 25.4 Å². The maximum atomic E-state index is 14.0. The lowest BCUT2D eigenvalue weighted by molar-refractivity contribution is -0.134. The van der Waals surface area contributed by atoms with Crippen LogP contribution in [0.2, 0.25) is 10.0 Å². The van der Waals surface area contributed by atoms with Crippen molar-refractivity contribution in [3.8, 4) is 16.9 Å². The second kappa shape index (κ2) is 11.2. The molecule has 11 heteroatoms. The molecule has 1 aromatic carbocycles. The van der Waals surface area contributed by atoms with Gasteiger partial charge in [0.15, 0.2) is 11.6 Å². The molecule has 1 saturated heterocycles. The number of hydrogen-bond donors (Lipinski definition) is 2. The van der Waals surface area contributed by atoms with E-state index in [1.807, 2.05) is 29.6 Å². The van der Waals surface area contributed by atoms with Crippen LogP contribution in [0.1, 0.15) is 51.3 Å². The Morgan fingerprint density at radius 3 is 2.54 bits per heavy atom. The van der Waals surface area contributed by atoms with E-state index in [1.165, 1.54) is 12.1 Å². The molecule has 37 heavy (non-hydrogen) atoms. The average Bonchev–Trinajstić information content (AvgIpc) is 3.37. The van der Waals surface area contributed by atoms with Crippen molar-refractivity contribution in [2.45, 2.75) is 51.8 Å². The van der Waals surface area contributed by atoms with Crippen LogP contribution in [0.25, 0.3) is 11.1 Å². The highest BCUT2D eigenvalue weighted by molar-refractivity contribution is 6.36. The molecule has 8 nitrogen and oxygen atoms in total. The maximum absolute atomic E-state index is 14.0. The molecule has 1 aliphatic heterocycles. The number of likely N-dealkylation sites (tertiary alicyclic amines) is 1. The highest BCUT2D eigenvalue weighted by Crippen LogP contribution is 2.37. The number of carbonyl (C=O) groups is 1. The number of piperidine rings is 1. The van der Waals surface area contributed by atoms with E-state index in [0.717, 1.165) is 24.0 Å². The Balaban J connectivity index is 1.46. The smallest absolute Gasteiger partial charge is 0.239 e. The number of carbonyl (C=O) groups excluding carboxylic acids is 1. The fourth-order valence-electron chi connectivity index (χ4n) is 4.41. The Bertz CT molecular complexity index is 1280. The molecule has 0 bridgehead atoms. The molecule has 1 amide bonds. The Morgan fingerprint density at radius 2 is 1.86 bits per heavy atom. The number of benzene rings is 1. The van der Waals surface area contributed by atoms with Crippen LogP contribution in [0.3, 0.4) is 0 Å². The fourth-order valence-corrected chi connectivity index (χ4v) is 5.08. The van der Waals surface area contributed by atoms with Gasteiger partial charge in [-0.2, -0.15) is 5.10 Å². The van der Waals surface area contributed by atoms with Gasteiger partial charge in [0, 0.05) is 47.2 Å². The SMILES string of the molecule is CC(Oc1cc(-c2cnn(C3CCN(C(=O)C(N)C(C)C)CC3)c2)cnc1N)c1c(Cl)ccc(F)c1Cl. The van der Waals surface area contributed by atoms with Gasteiger partial charge < -0.3 is 21.1 Å². The van der Waals surface area contributed by atoms with Gasteiger partial charge >= 0.3 is 0 Å². The number of halogens is 3. The van der Waals surface area contributed by atoms with E-state index in [-0.39, 0.29) is 28.7 Å². The lowest BCUT2D eigenvalue weighted by Gasteiger charge is -2.34. The zero-order chi connectivity index (χ0) is 26.9. The number of hydrogen-bond acceptors (Lipinski definition) is 6. The van der Waals surface area contributed by atoms with Crippen LogP contribution in [0.5, 0.6) is 5.75 Å². The summed E-state index contributed by atoms with van der Waals surface area (Å²) in [4.78, 5) is 18.7. The molecule has 0 saturated carbocycles. The van der Waals surface area contributed by atoms with Gasteiger partial charge in [0.2, 0.25) is 5.91 Å². The summed E-state index contributed by atoms with van der Waals surface area (Å²) in [6, 6.07) is 4.09. The van der Waals surface area contributed by atoms with Crippen LogP contribution in [0.4, 0.5) is 10.2 Å². The van der Waals surface area contributed by atoms with Gasteiger partial charge in [0.25, 0.3) is 0 Å². The van der Waals surface area contributed by atoms with E-state index in [9.17, 15) is 9.18 Å². The minimum atomic E-state index is -0.672. The quantitative estimate of drug-likeness (QED) is 0.389. The topological polar surface area (TPSA) is 112 Å². The lowest BCUT2D eigenvalue weighted by Crippen LogP contribution is -2.49. The molecule has 0 aliphatic carbocycles. The van der Waals surface area contributed by atoms with Crippen LogP contribution in [0, 0.1) is 11.7 Å². The Labute approximate surface area is 225 Å². The Morgan fingerprint density at radius 1 is 1.16 bits per heavy atom. The molecule has 198 valence electrons. The first-order chi connectivity index (χ1) is 17.6. The summed E-state index contributed by atoms with van der Waals surface area (Å²) in [5.41, 5.74) is 14.0. The van der Waals surface area contributed by atoms with Gasteiger partial charge in [0.1, 0.15) is 11.9 Å². The first-order valence-electron chi connectivity index (χ1n) is 12.2. The van der Waals surface area contributed by atoms with Crippen molar-refractivity contribution in [2.75, 3.05) is 18.8 Å². The number of anilines is 1. The molecule has 3 heterocycles. The van der Waals surface area contributed by atoms with Crippen molar-refractivity contribution in [3.63, 3.8) is 0 Å². The van der Waals surface area contributed by atoms with Crippen LogP contribution in [-0.2, 0) is 4.79 Å². The molecule has 0 radical (unpaired) electrons. The third kappa shape index (κ3) is 5.84. The highest BCUT2D eigenvalue weighted by Gasteiger charge is 2.29. The molecule has 1 aliphatic rings. The van der Waals surface area contributed by atoms with Gasteiger partial charge in [-0.15, -0.1) is 0 Å². The molecule has 4 rings (SSSR count). The van der Waals surface area contributed by atoms with Crippen molar-refractivity contribution in [1.82, 2.24) is 19.7 Å². The highest BCUT2D eigenvalue weighted by atomic mass is 35.5. The Hall–Kier alpha value is -2.88. The van der Waals surface area contributed by atoms with Gasteiger partial charge in [0.05, 0.1) is 23.3 Å². The largest absolute Gasteiger partial charge is 0.482 e. The summed E-state index contributed by atoms with van der Waals surface area (Å²) in [5, 5.41) is 4.75. The van der Waals surface area contributed by atoms with Gasteiger partial charge in [-0.25, -0.2) is 9.37 Å². The zero-order valence-corrected chi connectivity index (χ0v) is 22.5. The van der Waals surface area contributed by atoms with E-state index in [2.05, 4.69) is 10.1 Å². The summed E-state index contributed by atoms with van der Waals surface area (Å²) in [7, 11) is 0. The minimum Gasteiger partial charge on any atom is -0.482 e. The number of aromatic nitrogens is 3. The summed E-state index contributed by atoms with van der Waals surface area (Å²) in [5.74, 6) is 0.0321. The third-order valence-corrected chi connectivity index (χ3v) is 7.47. The van der Waals surface area contributed by atoms with Crippen molar-refractivity contribution in [1.29, 1.82) is 0 Å². The minimum absolute atomic E-state index is 0.00475. The molecule has 2 atom stereocenters. The zero-order valence-electron chi connectivity index (χ0n) is 21.0. The standard InChI is InChI=1S/C26H31Cl2FN6O2/c1-14(2)24(30)26(36)34-8-6-18(7-9-34)35-13-17(12-33-35)16-10-21(25(31)32-11-16)37-15(3)22-19(27)4-5-20(29)23(22)28/h4-5,10-15,18,24H,6-9,30H2,1-3H3,(H2,31,32).